The van der Waals surface area contributed by atoms with E-state index < -0.39 is 5.97 Å². The van der Waals surface area contributed by atoms with Crippen LogP contribution in [0.2, 0.25) is 5.02 Å². The number of nitrogens with two attached hydrogens (primary N) is 1. The predicted octanol–water partition coefficient (Wildman–Crippen LogP) is 4.11. The molecule has 1 aliphatic rings. The first-order chi connectivity index (χ1) is 10.6. The van der Waals surface area contributed by atoms with E-state index in [4.69, 9.17) is 22.4 Å². The summed E-state index contributed by atoms with van der Waals surface area (Å²) in [7, 11) is 0. The molecule has 0 radical (unpaired) electrons. The maximum atomic E-state index is 10.9. The molecule has 22 heavy (non-hydrogen) atoms. The van der Waals surface area contributed by atoms with Gasteiger partial charge in [0.25, 0.3) is 0 Å². The third-order valence-electron chi connectivity index (χ3n) is 3.90. The maximum absolute atomic E-state index is 10.9. The molecule has 2 aromatic carbocycles. The van der Waals surface area contributed by atoms with Crippen LogP contribution in [0.1, 0.15) is 23.2 Å². The van der Waals surface area contributed by atoms with Crippen molar-refractivity contribution < 1.29 is 9.90 Å². The average Bonchev–Trinajstić information content (AvgIpc) is 3.33. The van der Waals surface area contributed by atoms with Gasteiger partial charge in [0.05, 0.1) is 22.0 Å². The quantitative estimate of drug-likeness (QED) is 0.726. The van der Waals surface area contributed by atoms with Crippen molar-refractivity contribution in [1.29, 1.82) is 0 Å². The molecule has 0 atom stereocenters. The van der Waals surface area contributed by atoms with Crippen LogP contribution in [0, 0.1) is 5.92 Å². The minimum atomic E-state index is -0.947. The number of carboxylic acid groups (broad SMARTS) is 1. The van der Waals surface area contributed by atoms with E-state index in [1.807, 2.05) is 12.1 Å². The van der Waals surface area contributed by atoms with Crippen molar-refractivity contribution in [1.82, 2.24) is 0 Å². The fourth-order valence-electron chi connectivity index (χ4n) is 2.34. The summed E-state index contributed by atoms with van der Waals surface area (Å²) in [5.41, 5.74) is 9.38. The van der Waals surface area contributed by atoms with Crippen molar-refractivity contribution in [2.24, 2.45) is 5.92 Å². The fraction of sp³-hybridized carbons (Fsp3) is 0.235. The molecule has 0 spiro atoms. The Morgan fingerprint density at radius 1 is 1.23 bits per heavy atom. The Morgan fingerprint density at radius 3 is 2.50 bits per heavy atom. The third-order valence-corrected chi connectivity index (χ3v) is 4.31. The monoisotopic (exact) mass is 316 g/mol. The summed E-state index contributed by atoms with van der Waals surface area (Å²) in [5, 5.41) is 12.8. The van der Waals surface area contributed by atoms with Crippen LogP contribution in [0.15, 0.2) is 36.4 Å². The number of hydrogen-bond donors (Lipinski definition) is 3. The van der Waals surface area contributed by atoms with Crippen LogP contribution in [0.25, 0.3) is 11.1 Å². The van der Waals surface area contributed by atoms with Gasteiger partial charge < -0.3 is 16.2 Å². The smallest absolute Gasteiger partial charge is 0.335 e. The zero-order valence-corrected chi connectivity index (χ0v) is 12.7. The van der Waals surface area contributed by atoms with E-state index in [0.717, 1.165) is 29.3 Å². The highest BCUT2D eigenvalue weighted by Crippen LogP contribution is 2.38. The number of halogens is 1. The minimum Gasteiger partial charge on any atom is -0.478 e. The van der Waals surface area contributed by atoms with Crippen LogP contribution in [-0.2, 0) is 0 Å². The molecule has 0 amide bonds. The van der Waals surface area contributed by atoms with E-state index in [1.54, 1.807) is 24.3 Å². The summed E-state index contributed by atoms with van der Waals surface area (Å²) in [4.78, 5) is 10.9. The molecule has 1 fully saturated rings. The molecule has 0 heterocycles. The molecule has 114 valence electrons. The molecule has 3 rings (SSSR count). The largest absolute Gasteiger partial charge is 0.478 e. The van der Waals surface area contributed by atoms with Crippen LogP contribution in [0.4, 0.5) is 11.4 Å². The lowest BCUT2D eigenvalue weighted by molar-refractivity contribution is 0.0697. The van der Waals surface area contributed by atoms with Crippen molar-refractivity contribution in [3.63, 3.8) is 0 Å². The second-order valence-electron chi connectivity index (χ2n) is 5.60. The first-order valence-electron chi connectivity index (χ1n) is 7.22. The van der Waals surface area contributed by atoms with Gasteiger partial charge in [-0.05, 0) is 42.5 Å². The van der Waals surface area contributed by atoms with Gasteiger partial charge in [-0.1, -0.05) is 29.8 Å². The van der Waals surface area contributed by atoms with Crippen molar-refractivity contribution in [2.75, 3.05) is 17.6 Å². The number of carbonyl (C=O) groups is 1. The average molecular weight is 317 g/mol. The van der Waals surface area contributed by atoms with Gasteiger partial charge in [0.2, 0.25) is 0 Å². The zero-order chi connectivity index (χ0) is 15.7. The van der Waals surface area contributed by atoms with Gasteiger partial charge in [-0.25, -0.2) is 4.79 Å². The normalized spacial score (nSPS) is 13.9. The second kappa shape index (κ2) is 5.89. The molecule has 4 nitrogen and oxygen atoms in total. The fourth-order valence-corrected chi connectivity index (χ4v) is 2.61. The highest BCUT2D eigenvalue weighted by molar-refractivity contribution is 6.36. The number of nitrogens with one attached hydrogen (secondary N) is 1. The summed E-state index contributed by atoms with van der Waals surface area (Å²) < 4.78 is 0. The minimum absolute atomic E-state index is 0.246. The van der Waals surface area contributed by atoms with E-state index >= 15 is 0 Å². The van der Waals surface area contributed by atoms with Crippen molar-refractivity contribution in [3.05, 3.63) is 47.0 Å². The Bertz CT molecular complexity index is 709. The molecule has 0 bridgehead atoms. The highest BCUT2D eigenvalue weighted by atomic mass is 35.5. The van der Waals surface area contributed by atoms with E-state index in [2.05, 4.69) is 5.32 Å². The molecular weight excluding hydrogens is 300 g/mol. The Hall–Kier alpha value is -2.20. The Kier molecular flexibility index (Phi) is 3.94. The SMILES string of the molecule is Nc1c(NCC2CC2)ccc(-c2ccc(C(=O)O)cc2)c1Cl. The lowest BCUT2D eigenvalue weighted by Gasteiger charge is -2.13. The van der Waals surface area contributed by atoms with E-state index in [1.165, 1.54) is 12.8 Å². The number of nitrogen functional groups attached to an aromatic ring is 1. The topological polar surface area (TPSA) is 75.3 Å². The molecule has 0 unspecified atom stereocenters. The van der Waals surface area contributed by atoms with Crippen LogP contribution >= 0.6 is 11.6 Å². The zero-order valence-electron chi connectivity index (χ0n) is 12.0. The number of hydrogen-bond acceptors (Lipinski definition) is 3. The predicted molar refractivity (Wildman–Crippen MR) is 89.5 cm³/mol. The van der Waals surface area contributed by atoms with Crippen LogP contribution in [0.3, 0.4) is 0 Å². The van der Waals surface area contributed by atoms with Gasteiger partial charge in [0.1, 0.15) is 0 Å². The van der Waals surface area contributed by atoms with Gasteiger partial charge in [0, 0.05) is 12.1 Å². The Labute approximate surface area is 133 Å². The van der Waals surface area contributed by atoms with Crippen LogP contribution < -0.4 is 11.1 Å². The van der Waals surface area contributed by atoms with Crippen LogP contribution in [-0.4, -0.2) is 17.6 Å². The lowest BCUT2D eigenvalue weighted by atomic mass is 10.0. The standard InChI is InChI=1S/C17H17ClN2O2/c18-15-13(11-3-5-12(6-4-11)17(21)22)7-8-14(16(15)19)20-9-10-1-2-10/h3-8,10,20H,1-2,9,19H2,(H,21,22). The summed E-state index contributed by atoms with van der Waals surface area (Å²) in [6, 6.07) is 10.4. The van der Waals surface area contributed by atoms with Gasteiger partial charge in [-0.15, -0.1) is 0 Å². The number of benzene rings is 2. The number of rotatable bonds is 5. The Balaban J connectivity index is 1.86. The van der Waals surface area contributed by atoms with E-state index in [-0.39, 0.29) is 5.56 Å². The number of anilines is 2. The van der Waals surface area contributed by atoms with Crippen LogP contribution in [0.5, 0.6) is 0 Å². The maximum Gasteiger partial charge on any atom is 0.335 e. The molecule has 2 aromatic rings. The molecule has 4 N–H and O–H groups in total. The van der Waals surface area contributed by atoms with Gasteiger partial charge in [0.15, 0.2) is 0 Å². The molecule has 1 aliphatic carbocycles. The van der Waals surface area contributed by atoms with Crippen molar-refractivity contribution in [3.8, 4) is 11.1 Å². The van der Waals surface area contributed by atoms with Crippen molar-refractivity contribution >= 4 is 28.9 Å². The second-order valence-corrected chi connectivity index (χ2v) is 5.97. The number of carboxylic acids is 1. The molecule has 0 aromatic heterocycles. The summed E-state index contributed by atoms with van der Waals surface area (Å²) in [6.07, 6.45) is 2.54. The molecule has 0 saturated heterocycles. The van der Waals surface area contributed by atoms with E-state index in [9.17, 15) is 4.79 Å². The summed E-state index contributed by atoms with van der Waals surface area (Å²) in [6.45, 7) is 0.924. The van der Waals surface area contributed by atoms with Gasteiger partial charge in [-0.3, -0.25) is 0 Å². The first kappa shape index (κ1) is 14.7. The van der Waals surface area contributed by atoms with Gasteiger partial charge >= 0.3 is 5.97 Å². The highest BCUT2D eigenvalue weighted by Gasteiger charge is 2.21. The molecule has 1 saturated carbocycles. The molecular formula is C17H17ClN2O2. The van der Waals surface area contributed by atoms with Crippen molar-refractivity contribution in [2.45, 2.75) is 12.8 Å². The molecule has 5 heteroatoms. The van der Waals surface area contributed by atoms with Gasteiger partial charge in [-0.2, -0.15) is 0 Å². The summed E-state index contributed by atoms with van der Waals surface area (Å²) in [5.74, 6) is -0.196. The first-order valence-corrected chi connectivity index (χ1v) is 7.59. The third kappa shape index (κ3) is 3.02. The number of aromatic carboxylic acids is 1. The van der Waals surface area contributed by atoms with E-state index in [0.29, 0.717) is 10.7 Å². The lowest BCUT2D eigenvalue weighted by Crippen LogP contribution is -2.06. The molecule has 0 aliphatic heterocycles. The Morgan fingerprint density at radius 2 is 1.91 bits per heavy atom. The summed E-state index contributed by atoms with van der Waals surface area (Å²) >= 11 is 6.38.